The van der Waals surface area contributed by atoms with E-state index >= 15 is 0 Å². The molecule has 2 aliphatic rings. The molecule has 1 aromatic carbocycles. The summed E-state index contributed by atoms with van der Waals surface area (Å²) < 4.78 is 13.7. The third kappa shape index (κ3) is 3.54. The summed E-state index contributed by atoms with van der Waals surface area (Å²) in [6.45, 7) is 3.15. The predicted octanol–water partition coefficient (Wildman–Crippen LogP) is 2.12. The lowest BCUT2D eigenvalue weighted by Crippen LogP contribution is -2.52. The summed E-state index contributed by atoms with van der Waals surface area (Å²) in [6, 6.07) is 11.3. The maximum Gasteiger partial charge on any atom is 0.267 e. The van der Waals surface area contributed by atoms with E-state index in [0.717, 1.165) is 30.1 Å². The van der Waals surface area contributed by atoms with Gasteiger partial charge in [-0.2, -0.15) is 4.52 Å². The number of carbonyl (C=O) groups excluding carboxylic acids is 1. The fourth-order valence-electron chi connectivity index (χ4n) is 4.22. The van der Waals surface area contributed by atoms with E-state index in [4.69, 9.17) is 9.47 Å². The lowest BCUT2D eigenvalue weighted by Gasteiger charge is -2.37. The summed E-state index contributed by atoms with van der Waals surface area (Å²) in [5.41, 5.74) is 0.736. The smallest absolute Gasteiger partial charge is 0.267 e. The molecule has 1 fully saturated rings. The minimum Gasteiger partial charge on any atom is -0.482 e. The summed E-state index contributed by atoms with van der Waals surface area (Å²) in [7, 11) is 3.91. The van der Waals surface area contributed by atoms with Gasteiger partial charge >= 0.3 is 0 Å². The Morgan fingerprint density at radius 1 is 1.03 bits per heavy atom. The summed E-state index contributed by atoms with van der Waals surface area (Å²) in [5, 5.41) is 13.3. The number of hydrogen-bond donors (Lipinski definition) is 0. The summed E-state index contributed by atoms with van der Waals surface area (Å²) in [5.74, 6) is 3.17. The second kappa shape index (κ2) is 7.72. The number of amides is 1. The predicted molar refractivity (Wildman–Crippen MR) is 115 cm³/mol. The van der Waals surface area contributed by atoms with Crippen molar-refractivity contribution in [1.82, 2.24) is 24.7 Å². The van der Waals surface area contributed by atoms with Crippen LogP contribution in [0.2, 0.25) is 0 Å². The van der Waals surface area contributed by atoms with Crippen molar-refractivity contribution in [2.45, 2.75) is 37.9 Å². The summed E-state index contributed by atoms with van der Waals surface area (Å²) in [6.07, 6.45) is 0.636. The number of benzene rings is 1. The highest BCUT2D eigenvalue weighted by Crippen LogP contribution is 2.35. The van der Waals surface area contributed by atoms with Crippen LogP contribution in [0.15, 0.2) is 36.4 Å². The molecule has 2 unspecified atom stereocenters. The van der Waals surface area contributed by atoms with Crippen molar-refractivity contribution >= 4 is 17.4 Å². The van der Waals surface area contributed by atoms with E-state index in [2.05, 4.69) is 15.3 Å². The maximum absolute atomic E-state index is 13.2. The van der Waals surface area contributed by atoms with Crippen molar-refractivity contribution in [3.8, 4) is 11.5 Å². The first-order valence-corrected chi connectivity index (χ1v) is 10.6. The van der Waals surface area contributed by atoms with E-state index in [9.17, 15) is 4.79 Å². The standard InChI is InChI=1S/C22H26N6O3/c1-14-20(31-17-7-5-4-6-16(17)30-14)22(29)27-12-10-15(11-13-27)21-24-23-18-8-9-19(26(2)3)25-28(18)21/h4-9,14-15,20H,10-13H2,1-3H3. The molecule has 1 saturated heterocycles. The number of likely N-dealkylation sites (tertiary alicyclic amines) is 1. The molecule has 9 heteroatoms. The monoisotopic (exact) mass is 422 g/mol. The van der Waals surface area contributed by atoms with Gasteiger partial charge in [0, 0.05) is 33.1 Å². The Bertz CT molecular complexity index is 1110. The third-order valence-corrected chi connectivity index (χ3v) is 5.99. The van der Waals surface area contributed by atoms with Gasteiger partial charge in [-0.25, -0.2) is 0 Å². The number of fused-ring (bicyclic) bond motifs is 2. The van der Waals surface area contributed by atoms with Crippen LogP contribution in [-0.4, -0.2) is 70.0 Å². The minimum atomic E-state index is -0.635. The van der Waals surface area contributed by atoms with Crippen molar-refractivity contribution in [3.05, 3.63) is 42.2 Å². The van der Waals surface area contributed by atoms with E-state index in [1.54, 1.807) is 0 Å². The van der Waals surface area contributed by atoms with E-state index in [-0.39, 0.29) is 17.9 Å². The average Bonchev–Trinajstić information content (AvgIpc) is 3.21. The number of para-hydroxylation sites is 2. The van der Waals surface area contributed by atoms with Crippen LogP contribution in [0, 0.1) is 0 Å². The van der Waals surface area contributed by atoms with Crippen LogP contribution < -0.4 is 14.4 Å². The Balaban J connectivity index is 1.28. The molecule has 31 heavy (non-hydrogen) atoms. The maximum atomic E-state index is 13.2. The number of anilines is 1. The van der Waals surface area contributed by atoms with E-state index in [0.29, 0.717) is 24.6 Å². The second-order valence-corrected chi connectivity index (χ2v) is 8.32. The Hall–Kier alpha value is -3.36. The molecule has 3 aromatic rings. The summed E-state index contributed by atoms with van der Waals surface area (Å²) >= 11 is 0. The normalized spacial score (nSPS) is 21.3. The molecule has 0 radical (unpaired) electrons. The number of hydrogen-bond acceptors (Lipinski definition) is 7. The van der Waals surface area contributed by atoms with Gasteiger partial charge < -0.3 is 19.3 Å². The lowest BCUT2D eigenvalue weighted by atomic mass is 9.95. The van der Waals surface area contributed by atoms with Crippen molar-refractivity contribution in [2.24, 2.45) is 0 Å². The molecule has 0 N–H and O–H groups in total. The van der Waals surface area contributed by atoms with Crippen LogP contribution in [0.5, 0.6) is 11.5 Å². The zero-order valence-corrected chi connectivity index (χ0v) is 17.9. The number of ether oxygens (including phenoxy) is 2. The SMILES string of the molecule is CC1Oc2ccccc2OC1C(=O)N1CCC(c2nnc3ccc(N(C)C)nn23)CC1. The molecule has 5 rings (SSSR count). The molecule has 162 valence electrons. The van der Waals surface area contributed by atoms with E-state index in [1.165, 1.54) is 0 Å². The molecule has 2 atom stereocenters. The first-order chi connectivity index (χ1) is 15.0. The van der Waals surface area contributed by atoms with Crippen LogP contribution in [0.3, 0.4) is 0 Å². The van der Waals surface area contributed by atoms with Gasteiger partial charge in [0.05, 0.1) is 0 Å². The van der Waals surface area contributed by atoms with Gasteiger partial charge in [0.2, 0.25) is 6.10 Å². The molecule has 0 bridgehead atoms. The van der Waals surface area contributed by atoms with Gasteiger partial charge in [0.1, 0.15) is 11.9 Å². The van der Waals surface area contributed by atoms with Gasteiger partial charge in [-0.15, -0.1) is 15.3 Å². The fraction of sp³-hybridized carbons (Fsp3) is 0.455. The zero-order chi connectivity index (χ0) is 21.5. The molecule has 4 heterocycles. The molecular formula is C22H26N6O3. The molecule has 0 saturated carbocycles. The van der Waals surface area contributed by atoms with E-state index in [1.807, 2.05) is 71.7 Å². The first-order valence-electron chi connectivity index (χ1n) is 10.6. The molecular weight excluding hydrogens is 396 g/mol. The minimum absolute atomic E-state index is 0.0282. The third-order valence-electron chi connectivity index (χ3n) is 5.99. The molecule has 9 nitrogen and oxygen atoms in total. The first kappa shape index (κ1) is 19.6. The second-order valence-electron chi connectivity index (χ2n) is 8.32. The number of piperidine rings is 1. The molecule has 2 aliphatic heterocycles. The highest BCUT2D eigenvalue weighted by molar-refractivity contribution is 5.82. The highest BCUT2D eigenvalue weighted by Gasteiger charge is 2.38. The number of aromatic nitrogens is 4. The topological polar surface area (TPSA) is 85.1 Å². The van der Waals surface area contributed by atoms with Gasteiger partial charge in [0.15, 0.2) is 23.0 Å². The van der Waals surface area contributed by atoms with Crippen molar-refractivity contribution in [1.29, 1.82) is 0 Å². The largest absolute Gasteiger partial charge is 0.482 e. The van der Waals surface area contributed by atoms with Crippen molar-refractivity contribution in [3.63, 3.8) is 0 Å². The average molecular weight is 422 g/mol. The zero-order valence-electron chi connectivity index (χ0n) is 17.9. The van der Waals surface area contributed by atoms with Crippen LogP contribution >= 0.6 is 0 Å². The van der Waals surface area contributed by atoms with Gasteiger partial charge in [-0.1, -0.05) is 12.1 Å². The van der Waals surface area contributed by atoms with Gasteiger partial charge in [0.25, 0.3) is 5.91 Å². The fourth-order valence-corrected chi connectivity index (χ4v) is 4.22. The molecule has 0 spiro atoms. The number of nitrogens with zero attached hydrogens (tertiary/aromatic N) is 6. The van der Waals surface area contributed by atoms with Crippen molar-refractivity contribution in [2.75, 3.05) is 32.1 Å². The lowest BCUT2D eigenvalue weighted by molar-refractivity contribution is -0.145. The number of carbonyl (C=O) groups is 1. The quantitative estimate of drug-likeness (QED) is 0.639. The Morgan fingerprint density at radius 2 is 1.74 bits per heavy atom. The van der Waals surface area contributed by atoms with Crippen LogP contribution in [0.1, 0.15) is 31.5 Å². The Labute approximate surface area is 180 Å². The summed E-state index contributed by atoms with van der Waals surface area (Å²) in [4.78, 5) is 17.0. The van der Waals surface area contributed by atoms with Crippen LogP contribution in [-0.2, 0) is 4.79 Å². The van der Waals surface area contributed by atoms with Gasteiger partial charge in [-0.3, -0.25) is 4.79 Å². The van der Waals surface area contributed by atoms with Gasteiger partial charge in [-0.05, 0) is 44.0 Å². The van der Waals surface area contributed by atoms with Crippen LogP contribution in [0.4, 0.5) is 5.82 Å². The Kier molecular flexibility index (Phi) is 4.88. The molecule has 2 aromatic heterocycles. The van der Waals surface area contributed by atoms with Crippen molar-refractivity contribution < 1.29 is 14.3 Å². The van der Waals surface area contributed by atoms with Crippen LogP contribution in [0.25, 0.3) is 5.65 Å². The highest BCUT2D eigenvalue weighted by atomic mass is 16.6. The molecule has 0 aliphatic carbocycles. The van der Waals surface area contributed by atoms with E-state index < -0.39 is 6.10 Å². The Morgan fingerprint density at radius 3 is 2.45 bits per heavy atom. The molecule has 1 amide bonds. The number of rotatable bonds is 3.